The fraction of sp³-hybridized carbons (Fsp3) is 0.231. The van der Waals surface area contributed by atoms with Crippen LogP contribution in [0.2, 0.25) is 0 Å². The molecular weight excluding hydrogens is 272 g/mol. The minimum Gasteiger partial charge on any atom is -0.508 e. The lowest BCUT2D eigenvalue weighted by molar-refractivity contribution is -0.117. The third kappa shape index (κ3) is 2.10. The van der Waals surface area contributed by atoms with E-state index in [1.165, 1.54) is 0 Å². The fourth-order valence-corrected chi connectivity index (χ4v) is 2.41. The number of hydrogen-bond acceptors (Lipinski definition) is 6. The van der Waals surface area contributed by atoms with E-state index in [9.17, 15) is 9.90 Å². The zero-order valence-corrected chi connectivity index (χ0v) is 11.5. The van der Waals surface area contributed by atoms with Gasteiger partial charge in [-0.05, 0) is 35.0 Å². The molecule has 108 valence electrons. The Balaban J connectivity index is 2.17. The second-order valence-electron chi connectivity index (χ2n) is 4.68. The van der Waals surface area contributed by atoms with E-state index in [1.54, 1.807) is 42.9 Å². The van der Waals surface area contributed by atoms with Gasteiger partial charge in [-0.2, -0.15) is 4.68 Å². The number of benzene rings is 1. The summed E-state index contributed by atoms with van der Waals surface area (Å²) in [6, 6.07) is 6.17. The number of carbonyl (C=O) groups is 1. The van der Waals surface area contributed by atoms with Crippen molar-refractivity contribution in [3.63, 3.8) is 0 Å². The van der Waals surface area contributed by atoms with Crippen LogP contribution >= 0.6 is 0 Å². The molecule has 21 heavy (non-hydrogen) atoms. The van der Waals surface area contributed by atoms with Gasteiger partial charge in [0.05, 0.1) is 5.57 Å². The monoisotopic (exact) mass is 286 g/mol. The number of nitrogens with one attached hydrogen (secondary N) is 2. The van der Waals surface area contributed by atoms with E-state index in [-0.39, 0.29) is 11.7 Å². The number of fused-ring (bicyclic) bond motifs is 1. The molecule has 0 aliphatic carbocycles. The highest BCUT2D eigenvalue weighted by Gasteiger charge is 2.33. The van der Waals surface area contributed by atoms with Crippen LogP contribution in [0, 0.1) is 0 Å². The van der Waals surface area contributed by atoms with E-state index in [1.807, 2.05) is 0 Å². The van der Waals surface area contributed by atoms with Crippen molar-refractivity contribution >= 4 is 11.9 Å². The molecule has 8 heteroatoms. The molecule has 0 bridgehead atoms. The number of anilines is 1. The topological polar surface area (TPSA) is 105 Å². The van der Waals surface area contributed by atoms with Gasteiger partial charge < -0.3 is 15.7 Å². The van der Waals surface area contributed by atoms with E-state index in [4.69, 9.17) is 0 Å². The highest BCUT2D eigenvalue weighted by Crippen LogP contribution is 2.34. The molecule has 3 N–H and O–H groups in total. The number of aromatic hydroxyl groups is 1. The van der Waals surface area contributed by atoms with Crippen LogP contribution in [0.3, 0.4) is 0 Å². The zero-order valence-electron chi connectivity index (χ0n) is 11.5. The highest BCUT2D eigenvalue weighted by atomic mass is 16.3. The van der Waals surface area contributed by atoms with Gasteiger partial charge in [0.15, 0.2) is 0 Å². The van der Waals surface area contributed by atoms with Gasteiger partial charge in [-0.15, -0.1) is 0 Å². The number of likely N-dealkylation sites (N-methyl/N-ethyl adjacent to an activating group) is 1. The summed E-state index contributed by atoms with van der Waals surface area (Å²) in [6.45, 7) is 1.80. The summed E-state index contributed by atoms with van der Waals surface area (Å²) in [5.74, 6) is 0.421. The molecule has 1 amide bonds. The van der Waals surface area contributed by atoms with E-state index in [0.717, 1.165) is 5.56 Å². The van der Waals surface area contributed by atoms with Gasteiger partial charge in [-0.1, -0.05) is 17.2 Å². The molecule has 0 saturated carbocycles. The molecular formula is C13H14N6O2. The molecule has 0 saturated heterocycles. The fourth-order valence-electron chi connectivity index (χ4n) is 2.41. The van der Waals surface area contributed by atoms with Crippen molar-refractivity contribution in [2.75, 3.05) is 12.4 Å². The largest absolute Gasteiger partial charge is 0.508 e. The van der Waals surface area contributed by atoms with Gasteiger partial charge >= 0.3 is 0 Å². The number of allylic oxidation sites excluding steroid dienone is 1. The van der Waals surface area contributed by atoms with E-state index in [0.29, 0.717) is 17.2 Å². The van der Waals surface area contributed by atoms with Gasteiger partial charge in [-0.3, -0.25) is 4.79 Å². The van der Waals surface area contributed by atoms with Crippen LogP contribution in [0.1, 0.15) is 18.5 Å². The van der Waals surface area contributed by atoms with E-state index >= 15 is 0 Å². The summed E-state index contributed by atoms with van der Waals surface area (Å²) in [7, 11) is 1.58. The first-order valence-corrected chi connectivity index (χ1v) is 6.38. The van der Waals surface area contributed by atoms with Crippen LogP contribution in [0.5, 0.6) is 5.75 Å². The third-order valence-electron chi connectivity index (χ3n) is 3.39. The van der Waals surface area contributed by atoms with Crippen LogP contribution in [0.15, 0.2) is 35.5 Å². The zero-order chi connectivity index (χ0) is 15.0. The molecule has 0 spiro atoms. The molecule has 8 nitrogen and oxygen atoms in total. The van der Waals surface area contributed by atoms with Crippen molar-refractivity contribution in [1.29, 1.82) is 0 Å². The molecule has 1 atom stereocenters. The molecule has 1 aliphatic rings. The molecule has 3 rings (SSSR count). The van der Waals surface area contributed by atoms with Crippen molar-refractivity contribution in [3.8, 4) is 5.75 Å². The van der Waals surface area contributed by atoms with Crippen LogP contribution in [-0.2, 0) is 4.79 Å². The third-order valence-corrected chi connectivity index (χ3v) is 3.39. The average Bonchev–Trinajstić information content (AvgIpc) is 2.94. The summed E-state index contributed by atoms with van der Waals surface area (Å²) >= 11 is 0. The van der Waals surface area contributed by atoms with Crippen LogP contribution in [-0.4, -0.2) is 38.3 Å². The lowest BCUT2D eigenvalue weighted by Gasteiger charge is -2.27. The Hall–Kier alpha value is -2.90. The molecule has 1 aromatic heterocycles. The first-order valence-electron chi connectivity index (χ1n) is 6.38. The van der Waals surface area contributed by atoms with Crippen molar-refractivity contribution < 1.29 is 9.90 Å². The maximum atomic E-state index is 12.2. The number of tetrazole rings is 1. The molecule has 0 fully saturated rings. The number of carbonyl (C=O) groups excluding carboxylic acids is 1. The van der Waals surface area contributed by atoms with Gasteiger partial charge in [0.2, 0.25) is 5.95 Å². The number of aromatic nitrogens is 4. The van der Waals surface area contributed by atoms with Crippen molar-refractivity contribution in [3.05, 3.63) is 41.1 Å². The summed E-state index contributed by atoms with van der Waals surface area (Å²) in [4.78, 5) is 12.2. The number of rotatable bonds is 2. The summed E-state index contributed by atoms with van der Waals surface area (Å²) in [5, 5.41) is 26.6. The SMILES string of the molecule is CNC(=O)C1=C(C)Nc2nnnn2[C@H]1c1ccc(O)cc1. The Bertz CT molecular complexity index is 719. The lowest BCUT2D eigenvalue weighted by atomic mass is 9.95. The number of phenolic OH excluding ortho intramolecular Hbond substituents is 1. The minimum absolute atomic E-state index is 0.159. The number of hydrogen-bond donors (Lipinski definition) is 3. The van der Waals surface area contributed by atoms with Crippen molar-refractivity contribution in [2.24, 2.45) is 0 Å². The average molecular weight is 286 g/mol. The molecule has 0 unspecified atom stereocenters. The number of phenols is 1. The lowest BCUT2D eigenvalue weighted by Crippen LogP contribution is -2.33. The quantitative estimate of drug-likeness (QED) is 0.738. The standard InChI is InChI=1S/C13H14N6O2/c1-7-10(12(21)14-2)11(8-3-5-9(20)6-4-8)19-13(15-7)16-17-18-19/h3-6,11,20H,1-2H3,(H,14,21)(H,15,16,18)/t11-/m0/s1. The minimum atomic E-state index is -0.447. The first-order chi connectivity index (χ1) is 10.1. The molecule has 2 aromatic rings. The normalized spacial score (nSPS) is 17.1. The van der Waals surface area contributed by atoms with Crippen LogP contribution < -0.4 is 10.6 Å². The number of amides is 1. The Morgan fingerprint density at radius 3 is 2.76 bits per heavy atom. The van der Waals surface area contributed by atoms with Crippen LogP contribution in [0.4, 0.5) is 5.95 Å². The predicted molar refractivity (Wildman–Crippen MR) is 74.5 cm³/mol. The summed E-state index contributed by atoms with van der Waals surface area (Å²) in [5.41, 5.74) is 2.03. The summed E-state index contributed by atoms with van der Waals surface area (Å²) in [6.07, 6.45) is 0. The Morgan fingerprint density at radius 2 is 2.10 bits per heavy atom. The highest BCUT2D eigenvalue weighted by molar-refractivity contribution is 5.96. The second-order valence-corrected chi connectivity index (χ2v) is 4.68. The Labute approximate surface area is 120 Å². The van der Waals surface area contributed by atoms with Gasteiger partial charge in [-0.25, -0.2) is 0 Å². The molecule has 2 heterocycles. The molecule has 1 aromatic carbocycles. The van der Waals surface area contributed by atoms with Gasteiger partial charge in [0, 0.05) is 12.7 Å². The number of nitrogens with zero attached hydrogens (tertiary/aromatic N) is 4. The van der Waals surface area contributed by atoms with Gasteiger partial charge in [0.1, 0.15) is 11.8 Å². The smallest absolute Gasteiger partial charge is 0.251 e. The van der Waals surface area contributed by atoms with E-state index < -0.39 is 6.04 Å². The molecule has 0 radical (unpaired) electrons. The Kier molecular flexibility index (Phi) is 3.05. The Morgan fingerprint density at radius 1 is 1.38 bits per heavy atom. The van der Waals surface area contributed by atoms with Crippen molar-refractivity contribution in [1.82, 2.24) is 25.5 Å². The van der Waals surface area contributed by atoms with Crippen LogP contribution in [0.25, 0.3) is 0 Å². The maximum absolute atomic E-state index is 12.2. The second kappa shape index (κ2) is 4.89. The van der Waals surface area contributed by atoms with E-state index in [2.05, 4.69) is 26.2 Å². The first kappa shape index (κ1) is 13.1. The van der Waals surface area contributed by atoms with Gasteiger partial charge in [0.25, 0.3) is 5.91 Å². The maximum Gasteiger partial charge on any atom is 0.251 e. The molecule has 1 aliphatic heterocycles. The van der Waals surface area contributed by atoms with Crippen molar-refractivity contribution in [2.45, 2.75) is 13.0 Å². The predicted octanol–water partition coefficient (Wildman–Crippen LogP) is 0.414. The summed E-state index contributed by atoms with van der Waals surface area (Å²) < 4.78 is 1.55.